The molecule has 0 radical (unpaired) electrons. The van der Waals surface area contributed by atoms with Gasteiger partial charge in [-0.3, -0.25) is 4.90 Å². The molecule has 1 aromatic heterocycles. The molecule has 2 unspecified atom stereocenters. The van der Waals surface area contributed by atoms with Gasteiger partial charge in [0.2, 0.25) is 0 Å². The zero-order valence-electron chi connectivity index (χ0n) is 10.8. The molecular weight excluding hydrogens is 272 g/mol. The summed E-state index contributed by atoms with van der Waals surface area (Å²) in [5, 5.41) is 3.18. The van der Waals surface area contributed by atoms with E-state index in [4.69, 9.17) is 21.1 Å². The summed E-state index contributed by atoms with van der Waals surface area (Å²) in [6.07, 6.45) is 1.34. The molecule has 4 nitrogen and oxygen atoms in total. The number of nitrogens with zero attached hydrogens (tertiary/aromatic N) is 2. The highest BCUT2D eigenvalue weighted by molar-refractivity contribution is 7.09. The standard InChI is InChI=1S/C12H19ClN2O2S/c1-16-10-6-15(7-11(10)17-2)4-3-12-14-9(5-13)8-18-12/h8,10-11H,3-7H2,1-2H3. The zero-order valence-corrected chi connectivity index (χ0v) is 12.3. The highest BCUT2D eigenvalue weighted by atomic mass is 35.5. The van der Waals surface area contributed by atoms with Gasteiger partial charge in [0.25, 0.3) is 0 Å². The van der Waals surface area contributed by atoms with Crippen LogP contribution >= 0.6 is 22.9 Å². The Morgan fingerprint density at radius 1 is 1.39 bits per heavy atom. The molecule has 0 saturated carbocycles. The average molecular weight is 291 g/mol. The fourth-order valence-corrected chi connectivity index (χ4v) is 3.25. The second-order valence-electron chi connectivity index (χ2n) is 4.42. The molecule has 1 aromatic rings. The van der Waals surface area contributed by atoms with Crippen LogP contribution in [0.3, 0.4) is 0 Å². The van der Waals surface area contributed by atoms with E-state index in [0.29, 0.717) is 5.88 Å². The number of halogens is 1. The van der Waals surface area contributed by atoms with Crippen molar-refractivity contribution in [1.29, 1.82) is 0 Å². The number of likely N-dealkylation sites (tertiary alicyclic amines) is 1. The first-order chi connectivity index (χ1) is 8.76. The highest BCUT2D eigenvalue weighted by Gasteiger charge is 2.32. The van der Waals surface area contributed by atoms with Gasteiger partial charge in [-0.15, -0.1) is 22.9 Å². The van der Waals surface area contributed by atoms with E-state index in [-0.39, 0.29) is 12.2 Å². The van der Waals surface area contributed by atoms with Crippen molar-refractivity contribution in [3.05, 3.63) is 16.1 Å². The fourth-order valence-electron chi connectivity index (χ4n) is 2.23. The van der Waals surface area contributed by atoms with E-state index in [1.54, 1.807) is 25.6 Å². The van der Waals surface area contributed by atoms with Crippen LogP contribution in [0, 0.1) is 0 Å². The van der Waals surface area contributed by atoms with Gasteiger partial charge >= 0.3 is 0 Å². The van der Waals surface area contributed by atoms with Gasteiger partial charge in [0.1, 0.15) is 0 Å². The number of methoxy groups -OCH3 is 2. The molecular formula is C12H19ClN2O2S. The van der Waals surface area contributed by atoms with E-state index in [9.17, 15) is 0 Å². The molecule has 1 aliphatic heterocycles. The number of aromatic nitrogens is 1. The highest BCUT2D eigenvalue weighted by Crippen LogP contribution is 2.17. The maximum Gasteiger partial charge on any atom is 0.0971 e. The molecule has 1 fully saturated rings. The van der Waals surface area contributed by atoms with E-state index in [0.717, 1.165) is 36.8 Å². The first kappa shape index (κ1) is 14.2. The summed E-state index contributed by atoms with van der Waals surface area (Å²) in [5.41, 5.74) is 0.975. The summed E-state index contributed by atoms with van der Waals surface area (Å²) in [5.74, 6) is 0.498. The molecule has 2 heterocycles. The van der Waals surface area contributed by atoms with Gasteiger partial charge in [0, 0.05) is 45.7 Å². The summed E-state index contributed by atoms with van der Waals surface area (Å²) in [6, 6.07) is 0. The molecule has 0 aliphatic carbocycles. The monoisotopic (exact) mass is 290 g/mol. The Morgan fingerprint density at radius 2 is 2.06 bits per heavy atom. The van der Waals surface area contributed by atoms with Crippen molar-refractivity contribution in [3.8, 4) is 0 Å². The Labute approximate surface area is 117 Å². The van der Waals surface area contributed by atoms with Gasteiger partial charge in [-0.25, -0.2) is 4.98 Å². The molecule has 2 rings (SSSR count). The lowest BCUT2D eigenvalue weighted by atomic mass is 10.3. The normalized spacial score (nSPS) is 24.8. The zero-order chi connectivity index (χ0) is 13.0. The summed E-state index contributed by atoms with van der Waals surface area (Å²) in [7, 11) is 3.49. The van der Waals surface area contributed by atoms with Crippen LogP contribution in [0.25, 0.3) is 0 Å². The van der Waals surface area contributed by atoms with Crippen molar-refractivity contribution < 1.29 is 9.47 Å². The first-order valence-electron chi connectivity index (χ1n) is 6.04. The van der Waals surface area contributed by atoms with Crippen LogP contribution < -0.4 is 0 Å². The Bertz CT molecular complexity index is 363. The number of thiazole rings is 1. The number of hydrogen-bond donors (Lipinski definition) is 0. The lowest BCUT2D eigenvalue weighted by Crippen LogP contribution is -2.27. The number of alkyl halides is 1. The Morgan fingerprint density at radius 3 is 2.56 bits per heavy atom. The topological polar surface area (TPSA) is 34.6 Å². The lowest BCUT2D eigenvalue weighted by Gasteiger charge is -2.13. The summed E-state index contributed by atoms with van der Waals surface area (Å²) >= 11 is 7.43. The fraction of sp³-hybridized carbons (Fsp3) is 0.750. The minimum Gasteiger partial charge on any atom is -0.377 e. The molecule has 6 heteroatoms. The number of rotatable bonds is 6. The predicted octanol–water partition coefficient (Wildman–Crippen LogP) is 1.77. The van der Waals surface area contributed by atoms with E-state index < -0.39 is 0 Å². The molecule has 2 atom stereocenters. The minimum atomic E-state index is 0.185. The van der Waals surface area contributed by atoms with Crippen molar-refractivity contribution in [1.82, 2.24) is 9.88 Å². The third kappa shape index (κ3) is 3.42. The largest absolute Gasteiger partial charge is 0.377 e. The SMILES string of the molecule is COC1CN(CCc2nc(CCl)cs2)CC1OC. The van der Waals surface area contributed by atoms with E-state index >= 15 is 0 Å². The number of hydrogen-bond acceptors (Lipinski definition) is 5. The van der Waals surface area contributed by atoms with Crippen molar-refractivity contribution in [2.24, 2.45) is 0 Å². The van der Waals surface area contributed by atoms with E-state index in [1.165, 1.54) is 0 Å². The van der Waals surface area contributed by atoms with Crippen LogP contribution in [-0.2, 0) is 21.8 Å². The molecule has 1 saturated heterocycles. The average Bonchev–Trinajstić information content (AvgIpc) is 3.02. The van der Waals surface area contributed by atoms with Crippen molar-refractivity contribution in [3.63, 3.8) is 0 Å². The smallest absolute Gasteiger partial charge is 0.0971 e. The second kappa shape index (κ2) is 6.82. The molecule has 18 heavy (non-hydrogen) atoms. The van der Waals surface area contributed by atoms with Gasteiger partial charge in [-0.05, 0) is 0 Å². The lowest BCUT2D eigenvalue weighted by molar-refractivity contribution is -0.00461. The third-order valence-corrected chi connectivity index (χ3v) is 4.51. The van der Waals surface area contributed by atoms with Crippen molar-refractivity contribution >= 4 is 22.9 Å². The van der Waals surface area contributed by atoms with Crippen LogP contribution in [0.5, 0.6) is 0 Å². The maximum absolute atomic E-state index is 5.74. The molecule has 0 amide bonds. The molecule has 0 N–H and O–H groups in total. The number of ether oxygens (including phenoxy) is 2. The van der Waals surface area contributed by atoms with E-state index in [2.05, 4.69) is 9.88 Å². The Kier molecular flexibility index (Phi) is 5.38. The minimum absolute atomic E-state index is 0.185. The molecule has 1 aliphatic rings. The van der Waals surface area contributed by atoms with Crippen molar-refractivity contribution in [2.45, 2.75) is 24.5 Å². The maximum atomic E-state index is 5.74. The van der Waals surface area contributed by atoms with Crippen LogP contribution in [0.15, 0.2) is 5.38 Å². The predicted molar refractivity (Wildman–Crippen MR) is 73.4 cm³/mol. The van der Waals surface area contributed by atoms with Gasteiger partial charge < -0.3 is 9.47 Å². The van der Waals surface area contributed by atoms with Crippen LogP contribution in [0.1, 0.15) is 10.7 Å². The van der Waals surface area contributed by atoms with Crippen LogP contribution in [0.4, 0.5) is 0 Å². The second-order valence-corrected chi connectivity index (χ2v) is 5.63. The summed E-state index contributed by atoms with van der Waals surface area (Å²) in [4.78, 5) is 6.83. The summed E-state index contributed by atoms with van der Waals surface area (Å²) in [6.45, 7) is 2.86. The van der Waals surface area contributed by atoms with Gasteiger partial charge in [-0.2, -0.15) is 0 Å². The Hall–Kier alpha value is -0.200. The molecule has 0 spiro atoms. The van der Waals surface area contributed by atoms with Gasteiger partial charge in [0.05, 0.1) is 28.8 Å². The first-order valence-corrected chi connectivity index (χ1v) is 7.45. The van der Waals surface area contributed by atoms with Gasteiger partial charge in [0.15, 0.2) is 0 Å². The van der Waals surface area contributed by atoms with Gasteiger partial charge in [-0.1, -0.05) is 0 Å². The van der Waals surface area contributed by atoms with E-state index in [1.807, 2.05) is 5.38 Å². The quantitative estimate of drug-likeness (QED) is 0.748. The van der Waals surface area contributed by atoms with Crippen LogP contribution in [-0.4, -0.2) is 55.9 Å². The van der Waals surface area contributed by atoms with Crippen molar-refractivity contribution in [2.75, 3.05) is 33.9 Å². The molecule has 0 bridgehead atoms. The van der Waals surface area contributed by atoms with Crippen LogP contribution in [0.2, 0.25) is 0 Å². The Balaban J connectivity index is 1.80. The summed E-state index contributed by atoms with van der Waals surface area (Å²) < 4.78 is 10.8. The molecule has 102 valence electrons. The molecule has 0 aromatic carbocycles. The third-order valence-electron chi connectivity index (χ3n) is 3.27.